The van der Waals surface area contributed by atoms with E-state index in [1.165, 1.54) is 12.1 Å². The van der Waals surface area contributed by atoms with Crippen molar-refractivity contribution in [2.75, 3.05) is 13.1 Å². The molecule has 0 atom stereocenters. The number of aromatic nitrogens is 3. The molecule has 0 amide bonds. The van der Waals surface area contributed by atoms with E-state index in [0.717, 1.165) is 37.7 Å². The van der Waals surface area contributed by atoms with Crippen LogP contribution in [0.15, 0.2) is 53.5 Å². The highest BCUT2D eigenvalue weighted by Gasteiger charge is 2.23. The van der Waals surface area contributed by atoms with Crippen LogP contribution in [0.25, 0.3) is 11.5 Å². The number of nitrogens with one attached hydrogen (secondary N) is 1. The van der Waals surface area contributed by atoms with E-state index < -0.39 is 11.6 Å². The Labute approximate surface area is 161 Å². The summed E-state index contributed by atoms with van der Waals surface area (Å²) < 4.78 is 26.8. The van der Waals surface area contributed by atoms with Crippen molar-refractivity contribution in [3.05, 3.63) is 81.9 Å². The number of H-pyrrole nitrogens is 1. The number of nitrogens with zero attached hydrogens (tertiary/aromatic N) is 3. The molecule has 7 heteroatoms. The van der Waals surface area contributed by atoms with Crippen molar-refractivity contribution in [2.45, 2.75) is 25.3 Å². The molecule has 0 saturated carbocycles. The van der Waals surface area contributed by atoms with Gasteiger partial charge in [-0.2, -0.15) is 0 Å². The summed E-state index contributed by atoms with van der Waals surface area (Å²) in [5.74, 6) is -0.467. The maximum Gasteiger partial charge on any atom is 0.251 e. The zero-order valence-corrected chi connectivity index (χ0v) is 15.2. The number of rotatable bonds is 4. The molecule has 4 rings (SSSR count). The molecule has 0 spiro atoms. The first kappa shape index (κ1) is 18.4. The van der Waals surface area contributed by atoms with Crippen molar-refractivity contribution >= 4 is 0 Å². The third-order valence-electron chi connectivity index (χ3n) is 5.00. The summed E-state index contributed by atoms with van der Waals surface area (Å²) in [6, 6.07) is 10.6. The van der Waals surface area contributed by atoms with Crippen molar-refractivity contribution < 1.29 is 8.78 Å². The van der Waals surface area contributed by atoms with Crippen LogP contribution in [0, 0.1) is 11.6 Å². The molecule has 1 saturated heterocycles. The summed E-state index contributed by atoms with van der Waals surface area (Å²) in [5.41, 5.74) is 1.83. The lowest BCUT2D eigenvalue weighted by atomic mass is 9.93. The molecule has 1 fully saturated rings. The molecule has 1 N–H and O–H groups in total. The molecule has 0 radical (unpaired) electrons. The molecule has 28 heavy (non-hydrogen) atoms. The van der Waals surface area contributed by atoms with Crippen molar-refractivity contribution in [2.24, 2.45) is 0 Å². The van der Waals surface area contributed by atoms with E-state index in [4.69, 9.17) is 0 Å². The van der Waals surface area contributed by atoms with E-state index in [9.17, 15) is 13.6 Å². The van der Waals surface area contributed by atoms with Gasteiger partial charge >= 0.3 is 0 Å². The second-order valence-electron chi connectivity index (χ2n) is 7.06. The van der Waals surface area contributed by atoms with Crippen LogP contribution < -0.4 is 5.56 Å². The third-order valence-corrected chi connectivity index (χ3v) is 5.00. The predicted molar refractivity (Wildman–Crippen MR) is 102 cm³/mol. The SMILES string of the molecule is O=c1cc(C2CCN(Cc3cc(F)cc(F)c3)CC2)nc(-c2ccccn2)[nH]1. The molecule has 0 aliphatic carbocycles. The Morgan fingerprint density at radius 2 is 1.82 bits per heavy atom. The van der Waals surface area contributed by atoms with Crippen LogP contribution in [0.5, 0.6) is 0 Å². The standard InChI is InChI=1S/C21H20F2N4O/c22-16-9-14(10-17(23)11-16)13-27-7-4-15(5-8-27)19-12-20(28)26-21(25-19)18-3-1-2-6-24-18/h1-3,6,9-12,15H,4-5,7-8,13H2,(H,25,26,28). The van der Waals surface area contributed by atoms with Crippen molar-refractivity contribution in [3.63, 3.8) is 0 Å². The van der Waals surface area contributed by atoms with Crippen LogP contribution in [0.4, 0.5) is 8.78 Å². The van der Waals surface area contributed by atoms with Crippen LogP contribution in [-0.2, 0) is 6.54 Å². The minimum absolute atomic E-state index is 0.172. The van der Waals surface area contributed by atoms with Gasteiger partial charge in [0.25, 0.3) is 5.56 Å². The topological polar surface area (TPSA) is 61.9 Å². The number of hydrogen-bond donors (Lipinski definition) is 1. The van der Waals surface area contributed by atoms with Gasteiger partial charge in [-0.3, -0.25) is 14.7 Å². The summed E-state index contributed by atoms with van der Waals surface area (Å²) in [6.45, 7) is 2.05. The van der Waals surface area contributed by atoms with Gasteiger partial charge in [0.05, 0.1) is 5.69 Å². The average molecular weight is 382 g/mol. The minimum Gasteiger partial charge on any atom is -0.305 e. The molecular formula is C21H20F2N4O. The van der Waals surface area contributed by atoms with Crippen molar-refractivity contribution in [3.8, 4) is 11.5 Å². The van der Waals surface area contributed by atoms with Crippen molar-refractivity contribution in [1.29, 1.82) is 0 Å². The van der Waals surface area contributed by atoms with E-state index in [2.05, 4.69) is 19.9 Å². The molecule has 3 heterocycles. The van der Waals surface area contributed by atoms with Gasteiger partial charge in [-0.15, -0.1) is 0 Å². The number of pyridine rings is 1. The van der Waals surface area contributed by atoms with Crippen LogP contribution in [-0.4, -0.2) is 32.9 Å². The van der Waals surface area contributed by atoms with Gasteiger partial charge in [-0.05, 0) is 55.8 Å². The highest BCUT2D eigenvalue weighted by Crippen LogP contribution is 2.27. The normalized spacial score (nSPS) is 15.6. The van der Waals surface area contributed by atoms with E-state index in [-0.39, 0.29) is 11.5 Å². The molecule has 0 bridgehead atoms. The van der Waals surface area contributed by atoms with E-state index in [1.807, 2.05) is 18.2 Å². The zero-order chi connectivity index (χ0) is 19.5. The number of piperidine rings is 1. The van der Waals surface area contributed by atoms with Gasteiger partial charge < -0.3 is 4.98 Å². The highest BCUT2D eigenvalue weighted by molar-refractivity contribution is 5.48. The Kier molecular flexibility index (Phi) is 5.25. The Morgan fingerprint density at radius 1 is 1.07 bits per heavy atom. The lowest BCUT2D eigenvalue weighted by Gasteiger charge is -2.31. The summed E-state index contributed by atoms with van der Waals surface area (Å²) >= 11 is 0. The number of aromatic amines is 1. The number of likely N-dealkylation sites (tertiary alicyclic amines) is 1. The number of benzene rings is 1. The first-order chi connectivity index (χ1) is 13.6. The molecule has 3 aromatic rings. The van der Waals surface area contributed by atoms with Gasteiger partial charge in [0.15, 0.2) is 5.82 Å². The Bertz CT molecular complexity index is 994. The lowest BCUT2D eigenvalue weighted by Crippen LogP contribution is -2.33. The maximum atomic E-state index is 13.4. The van der Waals surface area contributed by atoms with Crippen LogP contribution >= 0.6 is 0 Å². The number of hydrogen-bond acceptors (Lipinski definition) is 4. The molecule has 1 aliphatic rings. The van der Waals surface area contributed by atoms with E-state index in [1.54, 1.807) is 12.3 Å². The monoisotopic (exact) mass is 382 g/mol. The highest BCUT2D eigenvalue weighted by atomic mass is 19.1. The fourth-order valence-electron chi connectivity index (χ4n) is 3.66. The van der Waals surface area contributed by atoms with Crippen LogP contribution in [0.1, 0.15) is 30.0 Å². The molecule has 0 unspecified atom stereocenters. The Morgan fingerprint density at radius 3 is 2.50 bits per heavy atom. The zero-order valence-electron chi connectivity index (χ0n) is 15.2. The van der Waals surface area contributed by atoms with Crippen LogP contribution in [0.3, 0.4) is 0 Å². The summed E-state index contributed by atoms with van der Waals surface area (Å²) in [6.07, 6.45) is 3.32. The Balaban J connectivity index is 1.45. The molecule has 1 aromatic carbocycles. The van der Waals surface area contributed by atoms with E-state index in [0.29, 0.717) is 23.6 Å². The fourth-order valence-corrected chi connectivity index (χ4v) is 3.66. The van der Waals surface area contributed by atoms with Gasteiger partial charge in [0.1, 0.15) is 17.3 Å². The second kappa shape index (κ2) is 7.98. The fraction of sp³-hybridized carbons (Fsp3) is 0.286. The quantitative estimate of drug-likeness (QED) is 0.750. The van der Waals surface area contributed by atoms with Crippen LogP contribution in [0.2, 0.25) is 0 Å². The number of halogens is 2. The molecule has 2 aromatic heterocycles. The summed E-state index contributed by atoms with van der Waals surface area (Å²) in [5, 5.41) is 0. The summed E-state index contributed by atoms with van der Waals surface area (Å²) in [7, 11) is 0. The van der Waals surface area contributed by atoms with Crippen molar-refractivity contribution in [1.82, 2.24) is 19.9 Å². The van der Waals surface area contributed by atoms with Gasteiger partial charge in [0.2, 0.25) is 0 Å². The molecule has 144 valence electrons. The molecule has 1 aliphatic heterocycles. The van der Waals surface area contributed by atoms with Gasteiger partial charge in [-0.1, -0.05) is 6.07 Å². The largest absolute Gasteiger partial charge is 0.305 e. The third kappa shape index (κ3) is 4.31. The summed E-state index contributed by atoms with van der Waals surface area (Å²) in [4.78, 5) is 25.9. The maximum absolute atomic E-state index is 13.4. The van der Waals surface area contributed by atoms with E-state index >= 15 is 0 Å². The minimum atomic E-state index is -0.556. The Hall–Kier alpha value is -2.93. The lowest BCUT2D eigenvalue weighted by molar-refractivity contribution is 0.203. The average Bonchev–Trinajstić information content (AvgIpc) is 2.68. The second-order valence-corrected chi connectivity index (χ2v) is 7.06. The predicted octanol–water partition coefficient (Wildman–Crippen LogP) is 3.49. The first-order valence-corrected chi connectivity index (χ1v) is 9.27. The smallest absolute Gasteiger partial charge is 0.251 e. The van der Waals surface area contributed by atoms with Gasteiger partial charge in [-0.25, -0.2) is 13.8 Å². The van der Waals surface area contributed by atoms with Gasteiger partial charge in [0, 0.05) is 30.8 Å². The molecular weight excluding hydrogens is 362 g/mol. The molecule has 5 nitrogen and oxygen atoms in total. The first-order valence-electron chi connectivity index (χ1n) is 9.27.